The molecule has 0 unspecified atom stereocenters. The van der Waals surface area contributed by atoms with Crippen molar-refractivity contribution in [2.24, 2.45) is 5.10 Å². The van der Waals surface area contributed by atoms with E-state index in [9.17, 15) is 14.0 Å². The fourth-order valence-corrected chi connectivity index (χ4v) is 2.66. The van der Waals surface area contributed by atoms with Crippen LogP contribution in [0.4, 0.5) is 10.1 Å². The highest BCUT2D eigenvalue weighted by molar-refractivity contribution is 6.43. The van der Waals surface area contributed by atoms with Crippen LogP contribution < -0.4 is 10.1 Å². The zero-order chi connectivity index (χ0) is 19.2. The van der Waals surface area contributed by atoms with Crippen molar-refractivity contribution in [2.45, 2.75) is 26.3 Å². The van der Waals surface area contributed by atoms with E-state index in [1.165, 1.54) is 17.1 Å². The number of rotatable bonds is 6. The molecule has 0 aliphatic carbocycles. The number of nitrogens with zero attached hydrogens (tertiary/aromatic N) is 2. The van der Waals surface area contributed by atoms with E-state index >= 15 is 0 Å². The topological polar surface area (TPSA) is 71.0 Å². The van der Waals surface area contributed by atoms with Gasteiger partial charge in [-0.2, -0.15) is 5.10 Å². The van der Waals surface area contributed by atoms with E-state index in [0.29, 0.717) is 12.3 Å². The van der Waals surface area contributed by atoms with Crippen LogP contribution in [0.2, 0.25) is 0 Å². The summed E-state index contributed by atoms with van der Waals surface area (Å²) in [4.78, 5) is 24.6. The number of carbonyl (C=O) groups excluding carboxylic acids is 2. The molecule has 1 aliphatic heterocycles. The first-order valence-corrected chi connectivity index (χ1v) is 8.71. The second kappa shape index (κ2) is 8.44. The summed E-state index contributed by atoms with van der Waals surface area (Å²) in [5.74, 6) is -0.142. The minimum absolute atomic E-state index is 0.169. The van der Waals surface area contributed by atoms with E-state index in [-0.39, 0.29) is 42.7 Å². The molecule has 2 aromatic carbocycles. The molecule has 0 atom stereocenters. The summed E-state index contributed by atoms with van der Waals surface area (Å²) in [6, 6.07) is 12.9. The molecule has 0 radical (unpaired) electrons. The molecule has 0 spiro atoms. The average Bonchev–Trinajstić information content (AvgIpc) is 2.67. The highest BCUT2D eigenvalue weighted by atomic mass is 19.1. The predicted octanol–water partition coefficient (Wildman–Crippen LogP) is 3.34. The van der Waals surface area contributed by atoms with Gasteiger partial charge in [-0.05, 0) is 48.9 Å². The molecule has 0 saturated carbocycles. The third-order valence-corrected chi connectivity index (χ3v) is 4.04. The van der Waals surface area contributed by atoms with Crippen LogP contribution in [0, 0.1) is 5.82 Å². The second-order valence-corrected chi connectivity index (χ2v) is 6.04. The van der Waals surface area contributed by atoms with Crippen LogP contribution >= 0.6 is 0 Å². The van der Waals surface area contributed by atoms with Crippen LogP contribution in [0.25, 0.3) is 0 Å². The Labute approximate surface area is 156 Å². The maximum absolute atomic E-state index is 13.0. The van der Waals surface area contributed by atoms with Crippen LogP contribution in [-0.2, 0) is 16.1 Å². The van der Waals surface area contributed by atoms with Crippen LogP contribution in [0.15, 0.2) is 53.6 Å². The van der Waals surface area contributed by atoms with E-state index in [2.05, 4.69) is 10.4 Å². The molecule has 1 aliphatic rings. The fourth-order valence-electron chi connectivity index (χ4n) is 2.66. The SMILES string of the molecule is CCOc1ccc(NC(=O)C2=NN(Cc3ccc(F)cc3)C(=O)CC2)cc1. The summed E-state index contributed by atoms with van der Waals surface area (Å²) in [5.41, 5.74) is 1.64. The maximum Gasteiger partial charge on any atom is 0.271 e. The van der Waals surface area contributed by atoms with Crippen molar-refractivity contribution in [2.75, 3.05) is 11.9 Å². The van der Waals surface area contributed by atoms with Gasteiger partial charge >= 0.3 is 0 Å². The lowest BCUT2D eigenvalue weighted by Gasteiger charge is -2.23. The Morgan fingerprint density at radius 1 is 1.15 bits per heavy atom. The molecular weight excluding hydrogens is 349 g/mol. The Bertz CT molecular complexity index is 848. The monoisotopic (exact) mass is 369 g/mol. The highest BCUT2D eigenvalue weighted by Gasteiger charge is 2.24. The van der Waals surface area contributed by atoms with Crippen LogP contribution in [0.5, 0.6) is 5.75 Å². The van der Waals surface area contributed by atoms with Gasteiger partial charge in [-0.25, -0.2) is 9.40 Å². The van der Waals surface area contributed by atoms with E-state index < -0.39 is 0 Å². The van der Waals surface area contributed by atoms with Crippen molar-refractivity contribution in [1.29, 1.82) is 0 Å². The van der Waals surface area contributed by atoms with Crippen molar-refractivity contribution in [3.8, 4) is 5.75 Å². The largest absolute Gasteiger partial charge is 0.494 e. The summed E-state index contributed by atoms with van der Waals surface area (Å²) in [7, 11) is 0. The minimum atomic E-state index is -0.351. The van der Waals surface area contributed by atoms with Crippen molar-refractivity contribution in [3.05, 3.63) is 59.9 Å². The van der Waals surface area contributed by atoms with Crippen LogP contribution in [0.3, 0.4) is 0 Å². The maximum atomic E-state index is 13.0. The van der Waals surface area contributed by atoms with Gasteiger partial charge in [0, 0.05) is 18.5 Å². The number of anilines is 1. The van der Waals surface area contributed by atoms with E-state index in [1.807, 2.05) is 6.92 Å². The number of carbonyl (C=O) groups is 2. The standard InChI is InChI=1S/C20H20FN3O3/c1-2-27-17-9-7-16(8-10-17)22-20(26)18-11-12-19(25)24(23-18)13-14-3-5-15(21)6-4-14/h3-10H,2,11-13H2,1H3,(H,22,26). The second-order valence-electron chi connectivity index (χ2n) is 6.04. The van der Waals surface area contributed by atoms with E-state index in [1.54, 1.807) is 36.4 Å². The average molecular weight is 369 g/mol. The number of hydrogen-bond donors (Lipinski definition) is 1. The number of ether oxygens (including phenoxy) is 1. The number of benzene rings is 2. The fraction of sp³-hybridized carbons (Fsp3) is 0.250. The predicted molar refractivity (Wildman–Crippen MR) is 99.9 cm³/mol. The van der Waals surface area contributed by atoms with E-state index in [0.717, 1.165) is 11.3 Å². The number of hydrazone groups is 1. The van der Waals surface area contributed by atoms with E-state index in [4.69, 9.17) is 4.74 Å². The van der Waals surface area contributed by atoms with Gasteiger partial charge in [0.2, 0.25) is 5.91 Å². The van der Waals surface area contributed by atoms with Gasteiger partial charge in [0.1, 0.15) is 17.3 Å². The number of hydrogen-bond acceptors (Lipinski definition) is 4. The Kier molecular flexibility index (Phi) is 5.80. The van der Waals surface area contributed by atoms with Gasteiger partial charge in [-0.3, -0.25) is 9.59 Å². The van der Waals surface area contributed by atoms with Crippen molar-refractivity contribution in [1.82, 2.24) is 5.01 Å². The lowest BCUT2D eigenvalue weighted by atomic mass is 10.1. The summed E-state index contributed by atoms with van der Waals surface area (Å²) >= 11 is 0. The van der Waals surface area contributed by atoms with Gasteiger partial charge in [0.15, 0.2) is 0 Å². The molecule has 2 aromatic rings. The number of halogens is 1. The lowest BCUT2D eigenvalue weighted by molar-refractivity contribution is -0.132. The number of nitrogens with one attached hydrogen (secondary N) is 1. The third kappa shape index (κ3) is 4.91. The normalized spacial score (nSPS) is 13.9. The van der Waals surface area contributed by atoms with Gasteiger partial charge in [0.25, 0.3) is 5.91 Å². The molecule has 0 bridgehead atoms. The molecular formula is C20H20FN3O3. The Balaban J connectivity index is 1.67. The summed E-state index contributed by atoms with van der Waals surface area (Å²) in [5, 5.41) is 8.22. The van der Waals surface area contributed by atoms with Gasteiger partial charge in [-0.1, -0.05) is 12.1 Å². The molecule has 27 heavy (non-hydrogen) atoms. The summed E-state index contributed by atoms with van der Waals surface area (Å²) < 4.78 is 18.4. The van der Waals surface area contributed by atoms with Crippen molar-refractivity contribution >= 4 is 23.2 Å². The van der Waals surface area contributed by atoms with Gasteiger partial charge in [-0.15, -0.1) is 0 Å². The summed E-state index contributed by atoms with van der Waals surface area (Å²) in [6.07, 6.45) is 0.484. The molecule has 7 heteroatoms. The first-order valence-electron chi connectivity index (χ1n) is 8.71. The molecule has 140 valence electrons. The Morgan fingerprint density at radius 3 is 2.52 bits per heavy atom. The van der Waals surface area contributed by atoms with Gasteiger partial charge < -0.3 is 10.1 Å². The lowest BCUT2D eigenvalue weighted by Crippen LogP contribution is -2.36. The molecule has 1 N–H and O–H groups in total. The van der Waals surface area contributed by atoms with Crippen molar-refractivity contribution in [3.63, 3.8) is 0 Å². The van der Waals surface area contributed by atoms with Crippen LogP contribution in [0.1, 0.15) is 25.3 Å². The van der Waals surface area contributed by atoms with Crippen LogP contribution in [-0.4, -0.2) is 29.1 Å². The summed E-state index contributed by atoms with van der Waals surface area (Å²) in [6.45, 7) is 2.66. The molecule has 6 nitrogen and oxygen atoms in total. The minimum Gasteiger partial charge on any atom is -0.494 e. The molecule has 0 fully saturated rings. The van der Waals surface area contributed by atoms with Gasteiger partial charge in [0.05, 0.1) is 13.2 Å². The number of amides is 2. The van der Waals surface area contributed by atoms with Crippen molar-refractivity contribution < 1.29 is 18.7 Å². The molecule has 3 rings (SSSR count). The molecule has 1 heterocycles. The Hall–Kier alpha value is -3.22. The highest BCUT2D eigenvalue weighted by Crippen LogP contribution is 2.18. The Morgan fingerprint density at radius 2 is 1.85 bits per heavy atom. The zero-order valence-electron chi connectivity index (χ0n) is 14.9. The quantitative estimate of drug-likeness (QED) is 0.849. The molecule has 0 saturated heterocycles. The third-order valence-electron chi connectivity index (χ3n) is 4.04. The molecule has 0 aromatic heterocycles. The zero-order valence-corrected chi connectivity index (χ0v) is 14.9. The molecule has 2 amide bonds. The first kappa shape index (κ1) is 18.6. The smallest absolute Gasteiger partial charge is 0.271 e. The first-order chi connectivity index (χ1) is 13.0.